The van der Waals surface area contributed by atoms with Crippen molar-refractivity contribution in [2.24, 2.45) is 0 Å². The van der Waals surface area contributed by atoms with Crippen LogP contribution in [0.25, 0.3) is 0 Å². The Bertz CT molecular complexity index is 176. The maximum atomic E-state index is 13.4. The number of rotatable bonds is 2. The predicted octanol–water partition coefficient (Wildman–Crippen LogP) is 0.895. The first-order valence-corrected chi connectivity index (χ1v) is 4.23. The van der Waals surface area contributed by atoms with Crippen molar-refractivity contribution in [3.8, 4) is 0 Å². The van der Waals surface area contributed by atoms with Gasteiger partial charge in [0.2, 0.25) is 5.67 Å². The van der Waals surface area contributed by atoms with E-state index in [0.29, 0.717) is 13.1 Å². The van der Waals surface area contributed by atoms with Gasteiger partial charge in [-0.3, -0.25) is 0 Å². The molecule has 1 heterocycles. The van der Waals surface area contributed by atoms with Gasteiger partial charge in [0.1, 0.15) is 0 Å². The molecule has 0 spiro atoms. The minimum atomic E-state index is -1.97. The van der Waals surface area contributed by atoms with Gasteiger partial charge in [-0.15, -0.1) is 0 Å². The number of halogens is 1. The maximum Gasteiger partial charge on any atom is 0.341 e. The summed E-state index contributed by atoms with van der Waals surface area (Å²) in [5.74, 6) is -1.31. The molecule has 0 unspecified atom stereocenters. The molecule has 0 aliphatic carbocycles. The van der Waals surface area contributed by atoms with E-state index >= 15 is 0 Å². The highest BCUT2D eigenvalue weighted by atomic mass is 19.1. The molecule has 0 radical (unpaired) electrons. The van der Waals surface area contributed by atoms with Crippen LogP contribution in [0, 0.1) is 0 Å². The molecule has 0 aromatic carbocycles. The quantitative estimate of drug-likeness (QED) is 0.677. The number of carboxylic acids is 1. The van der Waals surface area contributed by atoms with Gasteiger partial charge in [0.15, 0.2) is 0 Å². The van der Waals surface area contributed by atoms with E-state index in [4.69, 9.17) is 5.11 Å². The van der Waals surface area contributed by atoms with E-state index in [0.717, 1.165) is 6.54 Å². The molecular formula is C8H14FNO2. The van der Waals surface area contributed by atoms with Crippen molar-refractivity contribution in [3.05, 3.63) is 0 Å². The zero-order valence-corrected chi connectivity index (χ0v) is 7.22. The molecule has 1 N–H and O–H groups in total. The first kappa shape index (κ1) is 9.45. The Morgan fingerprint density at radius 2 is 2.08 bits per heavy atom. The van der Waals surface area contributed by atoms with Crippen LogP contribution in [0.3, 0.4) is 0 Å². The van der Waals surface area contributed by atoms with Gasteiger partial charge in [0, 0.05) is 25.9 Å². The molecule has 1 saturated heterocycles. The number of aliphatic carboxylic acids is 1. The number of hydrogen-bond donors (Lipinski definition) is 1. The lowest BCUT2D eigenvalue weighted by Crippen LogP contribution is -2.46. The van der Waals surface area contributed by atoms with Crippen molar-refractivity contribution in [2.75, 3.05) is 19.6 Å². The van der Waals surface area contributed by atoms with E-state index in [1.54, 1.807) is 0 Å². The first-order valence-electron chi connectivity index (χ1n) is 4.23. The second kappa shape index (κ2) is 3.39. The van der Waals surface area contributed by atoms with Gasteiger partial charge in [0.05, 0.1) is 0 Å². The minimum Gasteiger partial charge on any atom is -0.479 e. The Balaban J connectivity index is 2.49. The summed E-state index contributed by atoms with van der Waals surface area (Å²) in [7, 11) is 0. The van der Waals surface area contributed by atoms with Crippen LogP contribution in [0.4, 0.5) is 4.39 Å². The lowest BCUT2D eigenvalue weighted by atomic mass is 9.94. The second-order valence-corrected chi connectivity index (χ2v) is 3.20. The third kappa shape index (κ3) is 1.75. The molecule has 4 heteroatoms. The van der Waals surface area contributed by atoms with Crippen molar-refractivity contribution >= 4 is 5.97 Å². The fourth-order valence-electron chi connectivity index (χ4n) is 1.44. The molecule has 0 amide bonds. The lowest BCUT2D eigenvalue weighted by Gasteiger charge is -2.32. The highest BCUT2D eigenvalue weighted by Crippen LogP contribution is 2.26. The summed E-state index contributed by atoms with van der Waals surface area (Å²) in [4.78, 5) is 12.5. The summed E-state index contributed by atoms with van der Waals surface area (Å²) in [6, 6.07) is 0. The van der Waals surface area contributed by atoms with Crippen LogP contribution in [0.2, 0.25) is 0 Å². The van der Waals surface area contributed by atoms with E-state index in [-0.39, 0.29) is 12.8 Å². The van der Waals surface area contributed by atoms with Gasteiger partial charge < -0.3 is 10.0 Å². The topological polar surface area (TPSA) is 40.5 Å². The summed E-state index contributed by atoms with van der Waals surface area (Å²) in [6.45, 7) is 3.97. The van der Waals surface area contributed by atoms with Crippen LogP contribution in [0.15, 0.2) is 0 Å². The van der Waals surface area contributed by atoms with Crippen molar-refractivity contribution in [1.29, 1.82) is 0 Å². The average Bonchev–Trinajstić information content (AvgIpc) is 2.06. The SMILES string of the molecule is CCN1CCC(F)(C(=O)O)CC1. The normalized spacial score (nSPS) is 23.8. The largest absolute Gasteiger partial charge is 0.479 e. The molecule has 70 valence electrons. The summed E-state index contributed by atoms with van der Waals surface area (Å²) < 4.78 is 13.4. The number of likely N-dealkylation sites (tertiary alicyclic amines) is 1. The molecule has 1 aliphatic heterocycles. The molecule has 3 nitrogen and oxygen atoms in total. The Labute approximate surface area is 71.2 Å². The van der Waals surface area contributed by atoms with E-state index in [1.807, 2.05) is 6.92 Å². The minimum absolute atomic E-state index is 0.121. The van der Waals surface area contributed by atoms with E-state index in [9.17, 15) is 9.18 Å². The fraction of sp³-hybridized carbons (Fsp3) is 0.875. The Hall–Kier alpha value is -0.640. The molecule has 0 aromatic rings. The highest BCUT2D eigenvalue weighted by Gasteiger charge is 2.41. The molecule has 0 atom stereocenters. The second-order valence-electron chi connectivity index (χ2n) is 3.20. The van der Waals surface area contributed by atoms with Gasteiger partial charge in [0.25, 0.3) is 0 Å². The molecule has 0 aromatic heterocycles. The van der Waals surface area contributed by atoms with Crippen molar-refractivity contribution in [1.82, 2.24) is 4.90 Å². The molecule has 12 heavy (non-hydrogen) atoms. The van der Waals surface area contributed by atoms with Crippen LogP contribution < -0.4 is 0 Å². The molecule has 1 aliphatic rings. The average molecular weight is 175 g/mol. The van der Waals surface area contributed by atoms with Crippen LogP contribution >= 0.6 is 0 Å². The molecule has 1 rings (SSSR count). The Kier molecular flexibility index (Phi) is 2.67. The summed E-state index contributed by atoms with van der Waals surface area (Å²) in [6.07, 6.45) is 0.242. The molecule has 1 fully saturated rings. The zero-order valence-electron chi connectivity index (χ0n) is 7.22. The van der Waals surface area contributed by atoms with Crippen LogP contribution in [0.1, 0.15) is 19.8 Å². The first-order chi connectivity index (χ1) is 5.58. The van der Waals surface area contributed by atoms with E-state index in [2.05, 4.69) is 4.90 Å². The summed E-state index contributed by atoms with van der Waals surface area (Å²) in [5.41, 5.74) is -1.97. The predicted molar refractivity (Wildman–Crippen MR) is 42.8 cm³/mol. The molecule has 0 saturated carbocycles. The Morgan fingerprint density at radius 1 is 1.58 bits per heavy atom. The zero-order chi connectivity index (χ0) is 9.19. The van der Waals surface area contributed by atoms with Gasteiger partial charge in [-0.1, -0.05) is 6.92 Å². The van der Waals surface area contributed by atoms with E-state index < -0.39 is 11.6 Å². The number of nitrogens with zero attached hydrogens (tertiary/aromatic N) is 1. The standard InChI is InChI=1S/C8H14FNO2/c1-2-10-5-3-8(9,4-6-10)7(11)12/h2-6H2,1H3,(H,11,12). The van der Waals surface area contributed by atoms with Crippen molar-refractivity contribution in [3.63, 3.8) is 0 Å². The highest BCUT2D eigenvalue weighted by molar-refractivity contribution is 5.77. The van der Waals surface area contributed by atoms with Crippen molar-refractivity contribution < 1.29 is 14.3 Å². The van der Waals surface area contributed by atoms with Gasteiger partial charge in [-0.25, -0.2) is 9.18 Å². The van der Waals surface area contributed by atoms with Crippen LogP contribution in [-0.4, -0.2) is 41.3 Å². The monoisotopic (exact) mass is 175 g/mol. The van der Waals surface area contributed by atoms with Crippen LogP contribution in [-0.2, 0) is 4.79 Å². The summed E-state index contributed by atoms with van der Waals surface area (Å²) >= 11 is 0. The van der Waals surface area contributed by atoms with Gasteiger partial charge in [-0.2, -0.15) is 0 Å². The smallest absolute Gasteiger partial charge is 0.341 e. The third-order valence-electron chi connectivity index (χ3n) is 2.48. The fourth-order valence-corrected chi connectivity index (χ4v) is 1.44. The summed E-state index contributed by atoms with van der Waals surface area (Å²) in [5, 5.41) is 8.56. The van der Waals surface area contributed by atoms with Crippen molar-refractivity contribution in [2.45, 2.75) is 25.4 Å². The maximum absolute atomic E-state index is 13.4. The van der Waals surface area contributed by atoms with Gasteiger partial charge in [-0.05, 0) is 6.54 Å². The molecular weight excluding hydrogens is 161 g/mol. The van der Waals surface area contributed by atoms with E-state index in [1.165, 1.54) is 0 Å². The number of piperidine rings is 1. The van der Waals surface area contributed by atoms with Crippen LogP contribution in [0.5, 0.6) is 0 Å². The number of carbonyl (C=O) groups is 1. The lowest BCUT2D eigenvalue weighted by molar-refractivity contribution is -0.154. The molecule has 0 bridgehead atoms. The van der Waals surface area contributed by atoms with Gasteiger partial charge >= 0.3 is 5.97 Å². The number of carboxylic acid groups (broad SMARTS) is 1. The number of hydrogen-bond acceptors (Lipinski definition) is 2. The Morgan fingerprint density at radius 3 is 2.42 bits per heavy atom. The third-order valence-corrected chi connectivity index (χ3v) is 2.48. The number of alkyl halides is 1.